The van der Waals surface area contributed by atoms with Crippen LogP contribution in [0.25, 0.3) is 11.0 Å². The van der Waals surface area contributed by atoms with Gasteiger partial charge in [-0.3, -0.25) is 0 Å². The summed E-state index contributed by atoms with van der Waals surface area (Å²) in [6.45, 7) is 1.32. The molecule has 0 bridgehead atoms. The number of fused-ring (bicyclic) bond motifs is 1. The Labute approximate surface area is 165 Å². The van der Waals surface area contributed by atoms with Crippen molar-refractivity contribution in [2.75, 3.05) is 5.73 Å². The molecular formula is C22H25N5O. The molecule has 1 aliphatic rings. The summed E-state index contributed by atoms with van der Waals surface area (Å²) >= 11 is 0. The van der Waals surface area contributed by atoms with Gasteiger partial charge in [-0.25, -0.2) is 9.97 Å². The van der Waals surface area contributed by atoms with E-state index in [1.807, 2.05) is 30.3 Å². The zero-order valence-corrected chi connectivity index (χ0v) is 16.0. The van der Waals surface area contributed by atoms with Gasteiger partial charge in [-0.1, -0.05) is 32.1 Å². The fourth-order valence-electron chi connectivity index (χ4n) is 4.03. The molecule has 3 aromatic rings. The second-order valence-corrected chi connectivity index (χ2v) is 7.52. The SMILES string of the molecule is N#Cc1ncc2cc(COc3ccc(N)cc3)n(CCC3CCCCC3)c2n1. The van der Waals surface area contributed by atoms with E-state index in [0.29, 0.717) is 12.3 Å². The molecule has 0 aliphatic heterocycles. The molecule has 0 saturated heterocycles. The van der Waals surface area contributed by atoms with Gasteiger partial charge in [-0.2, -0.15) is 5.26 Å². The van der Waals surface area contributed by atoms with Crippen molar-refractivity contribution >= 4 is 16.7 Å². The Bertz CT molecular complexity index is 981. The van der Waals surface area contributed by atoms with Crippen molar-refractivity contribution in [1.82, 2.24) is 14.5 Å². The van der Waals surface area contributed by atoms with Crippen LogP contribution >= 0.6 is 0 Å². The van der Waals surface area contributed by atoms with Gasteiger partial charge in [0.15, 0.2) is 0 Å². The van der Waals surface area contributed by atoms with Crippen molar-refractivity contribution < 1.29 is 4.74 Å². The maximum absolute atomic E-state index is 9.18. The van der Waals surface area contributed by atoms with Crippen LogP contribution in [-0.4, -0.2) is 14.5 Å². The molecule has 2 heterocycles. The molecule has 2 N–H and O–H groups in total. The first-order valence-corrected chi connectivity index (χ1v) is 9.96. The van der Waals surface area contributed by atoms with Crippen LogP contribution in [0.2, 0.25) is 0 Å². The number of anilines is 1. The molecule has 1 saturated carbocycles. The van der Waals surface area contributed by atoms with Gasteiger partial charge in [0, 0.05) is 23.8 Å². The van der Waals surface area contributed by atoms with Crippen LogP contribution in [-0.2, 0) is 13.2 Å². The number of aryl methyl sites for hydroxylation is 1. The van der Waals surface area contributed by atoms with Crippen molar-refractivity contribution in [3.05, 3.63) is 48.0 Å². The Morgan fingerprint density at radius 1 is 1.18 bits per heavy atom. The van der Waals surface area contributed by atoms with E-state index in [-0.39, 0.29) is 5.82 Å². The molecule has 144 valence electrons. The van der Waals surface area contributed by atoms with Crippen LogP contribution in [0.15, 0.2) is 36.5 Å². The first kappa shape index (κ1) is 18.3. The lowest BCUT2D eigenvalue weighted by atomic mass is 9.87. The van der Waals surface area contributed by atoms with E-state index < -0.39 is 0 Å². The maximum atomic E-state index is 9.18. The molecule has 0 radical (unpaired) electrons. The minimum atomic E-state index is 0.204. The summed E-state index contributed by atoms with van der Waals surface area (Å²) in [5, 5.41) is 10.1. The highest BCUT2D eigenvalue weighted by Crippen LogP contribution is 2.28. The maximum Gasteiger partial charge on any atom is 0.234 e. The van der Waals surface area contributed by atoms with Crippen molar-refractivity contribution in [3.63, 3.8) is 0 Å². The van der Waals surface area contributed by atoms with Gasteiger partial charge >= 0.3 is 0 Å². The zero-order valence-electron chi connectivity index (χ0n) is 16.0. The van der Waals surface area contributed by atoms with Gasteiger partial charge in [0.1, 0.15) is 24.1 Å². The average molecular weight is 375 g/mol. The summed E-state index contributed by atoms with van der Waals surface area (Å²) < 4.78 is 8.17. The van der Waals surface area contributed by atoms with Gasteiger partial charge in [0.25, 0.3) is 0 Å². The highest BCUT2D eigenvalue weighted by Gasteiger charge is 2.17. The molecule has 1 aliphatic carbocycles. The number of hydrogen-bond acceptors (Lipinski definition) is 5. The van der Waals surface area contributed by atoms with Crippen LogP contribution in [0, 0.1) is 17.2 Å². The minimum absolute atomic E-state index is 0.204. The van der Waals surface area contributed by atoms with E-state index in [0.717, 1.165) is 41.4 Å². The molecule has 28 heavy (non-hydrogen) atoms. The predicted octanol–water partition coefficient (Wildman–Crippen LogP) is 4.43. The van der Waals surface area contributed by atoms with Crippen LogP contribution < -0.4 is 10.5 Å². The van der Waals surface area contributed by atoms with Crippen LogP contribution in [0.4, 0.5) is 5.69 Å². The number of benzene rings is 1. The smallest absolute Gasteiger partial charge is 0.234 e. The van der Waals surface area contributed by atoms with Crippen molar-refractivity contribution in [2.24, 2.45) is 5.92 Å². The highest BCUT2D eigenvalue weighted by atomic mass is 16.5. The van der Waals surface area contributed by atoms with Crippen molar-refractivity contribution in [3.8, 4) is 11.8 Å². The number of hydrogen-bond donors (Lipinski definition) is 1. The van der Waals surface area contributed by atoms with Crippen LogP contribution in [0.1, 0.15) is 50.0 Å². The highest BCUT2D eigenvalue weighted by molar-refractivity contribution is 5.76. The summed E-state index contributed by atoms with van der Waals surface area (Å²) in [6, 6.07) is 11.5. The quantitative estimate of drug-likeness (QED) is 0.644. The van der Waals surface area contributed by atoms with E-state index in [1.165, 1.54) is 32.1 Å². The van der Waals surface area contributed by atoms with Crippen molar-refractivity contribution in [1.29, 1.82) is 5.26 Å². The molecular weight excluding hydrogens is 350 g/mol. The molecule has 1 aromatic carbocycles. The molecule has 0 amide bonds. The van der Waals surface area contributed by atoms with Gasteiger partial charge in [0.05, 0.1) is 5.69 Å². The van der Waals surface area contributed by atoms with Crippen LogP contribution in [0.5, 0.6) is 5.75 Å². The number of nitrogens with zero attached hydrogens (tertiary/aromatic N) is 4. The summed E-state index contributed by atoms with van der Waals surface area (Å²) in [5.74, 6) is 1.76. The van der Waals surface area contributed by atoms with E-state index in [1.54, 1.807) is 6.20 Å². The topological polar surface area (TPSA) is 89.7 Å². The molecule has 1 fully saturated rings. The second kappa shape index (κ2) is 8.30. The van der Waals surface area contributed by atoms with E-state index in [4.69, 9.17) is 10.5 Å². The second-order valence-electron chi connectivity index (χ2n) is 7.52. The molecule has 0 unspecified atom stereocenters. The van der Waals surface area contributed by atoms with Gasteiger partial charge in [-0.05, 0) is 42.7 Å². The monoisotopic (exact) mass is 375 g/mol. The number of rotatable bonds is 6. The average Bonchev–Trinajstić information content (AvgIpc) is 3.09. The standard InChI is InChI=1S/C22H25N5O/c23-13-21-25-14-17-12-19(15-28-20-8-6-18(24)7-9-20)27(22(17)26-21)11-10-16-4-2-1-3-5-16/h6-9,12,14,16H,1-5,10-11,15,24H2. The summed E-state index contributed by atoms with van der Waals surface area (Å²) in [4.78, 5) is 8.58. The molecule has 2 aromatic heterocycles. The Morgan fingerprint density at radius 2 is 1.96 bits per heavy atom. The Kier molecular flexibility index (Phi) is 5.43. The third kappa shape index (κ3) is 4.09. The minimum Gasteiger partial charge on any atom is -0.487 e. The number of nitrogen functional groups attached to an aromatic ring is 1. The molecule has 0 spiro atoms. The third-order valence-corrected chi connectivity index (χ3v) is 5.57. The Hall–Kier alpha value is -3.07. The molecule has 4 rings (SSSR count). The first-order valence-electron chi connectivity index (χ1n) is 9.96. The molecule has 6 heteroatoms. The number of nitrogens with two attached hydrogens (primary N) is 1. The normalized spacial score (nSPS) is 14.8. The van der Waals surface area contributed by atoms with E-state index in [9.17, 15) is 5.26 Å². The lowest BCUT2D eigenvalue weighted by Gasteiger charge is -2.22. The lowest BCUT2D eigenvalue weighted by molar-refractivity contribution is 0.287. The van der Waals surface area contributed by atoms with Gasteiger partial charge in [-0.15, -0.1) is 0 Å². The fraction of sp³-hybridized carbons (Fsp3) is 0.409. The molecule has 6 nitrogen and oxygen atoms in total. The first-order chi connectivity index (χ1) is 13.7. The van der Waals surface area contributed by atoms with E-state index >= 15 is 0 Å². The summed E-state index contributed by atoms with van der Waals surface area (Å²) in [6.07, 6.45) is 9.53. The van der Waals surface area contributed by atoms with Crippen molar-refractivity contribution in [2.45, 2.75) is 51.7 Å². The Morgan fingerprint density at radius 3 is 2.71 bits per heavy atom. The number of ether oxygens (including phenoxy) is 1. The summed E-state index contributed by atoms with van der Waals surface area (Å²) in [5.41, 5.74) is 8.33. The molecule has 0 atom stereocenters. The van der Waals surface area contributed by atoms with E-state index in [2.05, 4.69) is 20.6 Å². The van der Waals surface area contributed by atoms with Gasteiger partial charge in [0.2, 0.25) is 5.82 Å². The van der Waals surface area contributed by atoms with Crippen LogP contribution in [0.3, 0.4) is 0 Å². The summed E-state index contributed by atoms with van der Waals surface area (Å²) in [7, 11) is 0. The zero-order chi connectivity index (χ0) is 19.3. The van der Waals surface area contributed by atoms with Gasteiger partial charge < -0.3 is 15.0 Å². The Balaban J connectivity index is 1.58. The predicted molar refractivity (Wildman–Crippen MR) is 109 cm³/mol. The fourth-order valence-corrected chi connectivity index (χ4v) is 4.03. The lowest BCUT2D eigenvalue weighted by Crippen LogP contribution is -2.13. The largest absolute Gasteiger partial charge is 0.487 e. The third-order valence-electron chi connectivity index (χ3n) is 5.57. The number of aromatic nitrogens is 3. The number of nitriles is 1.